The van der Waals surface area contributed by atoms with Gasteiger partial charge in [0.15, 0.2) is 6.61 Å². The number of nitriles is 1. The summed E-state index contributed by atoms with van der Waals surface area (Å²) in [6.07, 6.45) is -0.226. The summed E-state index contributed by atoms with van der Waals surface area (Å²) in [6.45, 7) is 2.59. The van der Waals surface area contributed by atoms with Crippen LogP contribution in [0.15, 0.2) is 48.5 Å². The topological polar surface area (TPSA) is 100 Å². The van der Waals surface area contributed by atoms with E-state index in [0.717, 1.165) is 11.3 Å². The molecule has 0 radical (unpaired) electrons. The van der Waals surface area contributed by atoms with Crippen molar-refractivity contribution in [2.75, 3.05) is 18.5 Å². The van der Waals surface area contributed by atoms with E-state index in [1.165, 1.54) is 0 Å². The monoisotopic (exact) mass is 367 g/mol. The molecule has 7 nitrogen and oxygen atoms in total. The second-order valence-corrected chi connectivity index (χ2v) is 5.51. The van der Waals surface area contributed by atoms with E-state index in [2.05, 4.69) is 10.6 Å². The van der Waals surface area contributed by atoms with E-state index >= 15 is 0 Å². The Morgan fingerprint density at radius 3 is 2.33 bits per heavy atom. The summed E-state index contributed by atoms with van der Waals surface area (Å²) in [5.41, 5.74) is 1.30. The maximum Gasteiger partial charge on any atom is 0.258 e. The number of nitrogens with zero attached hydrogens (tertiary/aromatic N) is 1. The van der Waals surface area contributed by atoms with Crippen molar-refractivity contribution in [3.63, 3.8) is 0 Å². The van der Waals surface area contributed by atoms with Gasteiger partial charge in [0, 0.05) is 12.2 Å². The van der Waals surface area contributed by atoms with Crippen LogP contribution in [0.4, 0.5) is 5.69 Å². The summed E-state index contributed by atoms with van der Waals surface area (Å²) in [5.74, 6) is 0.624. The molecule has 7 heteroatoms. The van der Waals surface area contributed by atoms with Crippen LogP contribution in [-0.2, 0) is 16.1 Å². The van der Waals surface area contributed by atoms with Gasteiger partial charge in [-0.05, 0) is 42.8 Å². The van der Waals surface area contributed by atoms with Gasteiger partial charge in [-0.3, -0.25) is 9.59 Å². The predicted molar refractivity (Wildman–Crippen MR) is 100 cm³/mol. The maximum atomic E-state index is 12.0. The number of ether oxygens (including phenoxy) is 2. The fraction of sp³-hybridized carbons (Fsp3) is 0.250. The summed E-state index contributed by atoms with van der Waals surface area (Å²) in [4.78, 5) is 23.6. The smallest absolute Gasteiger partial charge is 0.258 e. The molecule has 140 valence electrons. The molecule has 0 aromatic heterocycles. The predicted octanol–water partition coefficient (Wildman–Crippen LogP) is 2.63. The number of amides is 2. The molecule has 0 unspecified atom stereocenters. The number of benzene rings is 2. The molecule has 2 N–H and O–H groups in total. The van der Waals surface area contributed by atoms with Crippen molar-refractivity contribution >= 4 is 17.5 Å². The lowest BCUT2D eigenvalue weighted by molar-refractivity contribution is -0.123. The highest BCUT2D eigenvalue weighted by atomic mass is 16.5. The first-order valence-electron chi connectivity index (χ1n) is 8.49. The molecule has 2 aromatic carbocycles. The average Bonchev–Trinajstić information content (AvgIpc) is 2.67. The van der Waals surface area contributed by atoms with E-state index < -0.39 is 5.91 Å². The van der Waals surface area contributed by atoms with Gasteiger partial charge in [0.2, 0.25) is 5.91 Å². The molecule has 2 rings (SSSR count). The van der Waals surface area contributed by atoms with Crippen molar-refractivity contribution in [2.24, 2.45) is 0 Å². The average molecular weight is 367 g/mol. The number of carbonyl (C=O) groups excluding carboxylic acids is 2. The van der Waals surface area contributed by atoms with Crippen molar-refractivity contribution in [2.45, 2.75) is 19.9 Å². The first-order valence-corrected chi connectivity index (χ1v) is 8.49. The Bertz CT molecular complexity index is 813. The van der Waals surface area contributed by atoms with Gasteiger partial charge in [-0.1, -0.05) is 18.2 Å². The molecule has 2 amide bonds. The third-order valence-electron chi connectivity index (χ3n) is 3.51. The summed E-state index contributed by atoms with van der Waals surface area (Å²) in [7, 11) is 0. The first kappa shape index (κ1) is 19.8. The van der Waals surface area contributed by atoms with Gasteiger partial charge >= 0.3 is 0 Å². The van der Waals surface area contributed by atoms with Gasteiger partial charge in [0.05, 0.1) is 12.7 Å². The molecule has 0 atom stereocenters. The Kier molecular flexibility index (Phi) is 7.67. The van der Waals surface area contributed by atoms with E-state index in [-0.39, 0.29) is 25.5 Å². The Morgan fingerprint density at radius 2 is 1.67 bits per heavy atom. The Balaban J connectivity index is 1.83. The molecule has 0 fully saturated rings. The molecule has 0 spiro atoms. The van der Waals surface area contributed by atoms with Crippen LogP contribution in [0.25, 0.3) is 0 Å². The number of rotatable bonds is 9. The Labute approximate surface area is 157 Å². The quantitative estimate of drug-likeness (QED) is 0.710. The van der Waals surface area contributed by atoms with E-state index in [1.807, 2.05) is 6.92 Å². The molecular weight excluding hydrogens is 346 g/mol. The van der Waals surface area contributed by atoms with Gasteiger partial charge < -0.3 is 20.1 Å². The van der Waals surface area contributed by atoms with Crippen molar-refractivity contribution in [1.29, 1.82) is 5.26 Å². The van der Waals surface area contributed by atoms with Crippen molar-refractivity contribution < 1.29 is 19.1 Å². The molecule has 0 saturated heterocycles. The summed E-state index contributed by atoms with van der Waals surface area (Å²) >= 11 is 0. The van der Waals surface area contributed by atoms with Crippen LogP contribution < -0.4 is 20.1 Å². The number of nitrogens with one attached hydrogen (secondary N) is 2. The molecule has 0 aliphatic rings. The van der Waals surface area contributed by atoms with Gasteiger partial charge in [0.1, 0.15) is 17.9 Å². The zero-order chi connectivity index (χ0) is 19.5. The van der Waals surface area contributed by atoms with Crippen molar-refractivity contribution in [1.82, 2.24) is 5.32 Å². The minimum absolute atomic E-state index is 0.128. The van der Waals surface area contributed by atoms with Crippen LogP contribution in [0, 0.1) is 11.3 Å². The lowest BCUT2D eigenvalue weighted by atomic mass is 10.1. The van der Waals surface area contributed by atoms with Crippen molar-refractivity contribution in [3.05, 3.63) is 54.1 Å². The maximum absolute atomic E-state index is 12.0. The second-order valence-electron chi connectivity index (χ2n) is 5.51. The Morgan fingerprint density at radius 1 is 1.00 bits per heavy atom. The van der Waals surface area contributed by atoms with Crippen molar-refractivity contribution in [3.8, 4) is 17.6 Å². The minimum Gasteiger partial charge on any atom is -0.494 e. The highest BCUT2D eigenvalue weighted by Crippen LogP contribution is 2.17. The standard InChI is InChI=1S/C20H21N3O4/c1-2-26-16-7-9-17(10-8-16)27-14-20(25)22-13-15-5-3-4-6-18(15)23-19(24)11-12-21/h3-10H,2,11,13-14H2,1H3,(H,22,25)(H,23,24). The fourth-order valence-electron chi connectivity index (χ4n) is 2.26. The highest BCUT2D eigenvalue weighted by Gasteiger charge is 2.08. The number of carbonyl (C=O) groups is 2. The molecule has 27 heavy (non-hydrogen) atoms. The van der Waals surface area contributed by atoms with Gasteiger partial charge in [-0.15, -0.1) is 0 Å². The molecule has 0 aliphatic carbocycles. The largest absolute Gasteiger partial charge is 0.494 e. The van der Waals surface area contributed by atoms with Crippen LogP contribution in [0.5, 0.6) is 11.5 Å². The number of hydrogen-bond acceptors (Lipinski definition) is 5. The van der Waals surface area contributed by atoms with Gasteiger partial charge in [-0.2, -0.15) is 5.26 Å². The van der Waals surface area contributed by atoms with Crippen LogP contribution in [0.1, 0.15) is 18.9 Å². The number of anilines is 1. The SMILES string of the molecule is CCOc1ccc(OCC(=O)NCc2ccccc2NC(=O)CC#N)cc1. The second kappa shape index (κ2) is 10.5. The summed E-state index contributed by atoms with van der Waals surface area (Å²) in [5, 5.41) is 14.0. The van der Waals surface area contributed by atoms with E-state index in [0.29, 0.717) is 18.0 Å². The van der Waals surface area contributed by atoms with E-state index in [9.17, 15) is 9.59 Å². The van der Waals surface area contributed by atoms with Gasteiger partial charge in [-0.25, -0.2) is 0 Å². The molecule has 0 saturated carbocycles. The molecular formula is C20H21N3O4. The lowest BCUT2D eigenvalue weighted by Crippen LogP contribution is -2.28. The minimum atomic E-state index is -0.393. The van der Waals surface area contributed by atoms with Crippen LogP contribution in [0.3, 0.4) is 0 Å². The normalized spacial score (nSPS) is 9.78. The zero-order valence-electron chi connectivity index (χ0n) is 15.0. The number of para-hydroxylation sites is 1. The molecule has 2 aromatic rings. The molecule has 0 heterocycles. The third-order valence-corrected chi connectivity index (χ3v) is 3.51. The molecule has 0 aliphatic heterocycles. The van der Waals surface area contributed by atoms with Crippen LogP contribution in [0.2, 0.25) is 0 Å². The summed E-state index contributed by atoms with van der Waals surface area (Å²) < 4.78 is 10.8. The zero-order valence-corrected chi connectivity index (χ0v) is 15.0. The Hall–Kier alpha value is -3.53. The summed E-state index contributed by atoms with van der Waals surface area (Å²) in [6, 6.07) is 15.9. The highest BCUT2D eigenvalue weighted by molar-refractivity contribution is 5.92. The third kappa shape index (κ3) is 6.71. The fourth-order valence-corrected chi connectivity index (χ4v) is 2.26. The lowest BCUT2D eigenvalue weighted by Gasteiger charge is -2.12. The van der Waals surface area contributed by atoms with Gasteiger partial charge in [0.25, 0.3) is 5.91 Å². The molecule has 0 bridgehead atoms. The first-order chi connectivity index (χ1) is 13.1. The van der Waals surface area contributed by atoms with Crippen LogP contribution >= 0.6 is 0 Å². The number of hydrogen-bond donors (Lipinski definition) is 2. The van der Waals surface area contributed by atoms with Crippen LogP contribution in [-0.4, -0.2) is 25.0 Å². The van der Waals surface area contributed by atoms with E-state index in [1.54, 1.807) is 54.6 Å². The van der Waals surface area contributed by atoms with E-state index in [4.69, 9.17) is 14.7 Å².